The minimum absolute atomic E-state index is 0.365. The number of halogens is 2. The molecule has 0 aliphatic rings. The van der Waals surface area contributed by atoms with E-state index in [9.17, 15) is 4.39 Å². The van der Waals surface area contributed by atoms with Crippen LogP contribution in [0.25, 0.3) is 0 Å². The molecule has 0 spiro atoms. The second-order valence-electron chi connectivity index (χ2n) is 4.62. The van der Waals surface area contributed by atoms with Crippen LogP contribution in [0.2, 0.25) is 5.02 Å². The molecule has 2 aromatic carbocycles. The second-order valence-corrected chi connectivity index (χ2v) is 5.05. The van der Waals surface area contributed by atoms with Gasteiger partial charge >= 0.3 is 0 Å². The Kier molecular flexibility index (Phi) is 4.63. The minimum Gasteiger partial charge on any atom is -0.494 e. The van der Waals surface area contributed by atoms with Crippen LogP contribution in [0.3, 0.4) is 0 Å². The van der Waals surface area contributed by atoms with Gasteiger partial charge in [-0.25, -0.2) is 4.39 Å². The summed E-state index contributed by atoms with van der Waals surface area (Å²) >= 11 is 5.93. The summed E-state index contributed by atoms with van der Waals surface area (Å²) in [6, 6.07) is 9.48. The molecule has 0 radical (unpaired) electrons. The fraction of sp³-hybridized carbons (Fsp3) is 0.250. The Labute approximate surface area is 123 Å². The summed E-state index contributed by atoms with van der Waals surface area (Å²) in [6.07, 6.45) is 0. The van der Waals surface area contributed by atoms with Gasteiger partial charge in [-0.1, -0.05) is 29.3 Å². The lowest BCUT2D eigenvalue weighted by Gasteiger charge is -2.18. The summed E-state index contributed by atoms with van der Waals surface area (Å²) in [4.78, 5) is 0. The molecule has 20 heavy (non-hydrogen) atoms. The number of benzene rings is 2. The van der Waals surface area contributed by atoms with Crippen molar-refractivity contribution < 1.29 is 9.13 Å². The molecule has 1 atom stereocenters. The number of hydrogen-bond donors (Lipinski definition) is 1. The van der Waals surface area contributed by atoms with E-state index in [0.717, 1.165) is 11.1 Å². The first-order valence-electron chi connectivity index (χ1n) is 6.46. The lowest BCUT2D eigenvalue weighted by Crippen LogP contribution is -2.15. The predicted octanol–water partition coefficient (Wildman–Crippen LogP) is 4.23. The summed E-state index contributed by atoms with van der Waals surface area (Å²) in [5.74, 6) is 0.302. The second kappa shape index (κ2) is 6.25. The SMILES string of the molecule is CCOc1ccc(C)cc1C(N)c1cc(Cl)ccc1F. The first-order chi connectivity index (χ1) is 9.52. The van der Waals surface area contributed by atoms with Crippen molar-refractivity contribution in [1.82, 2.24) is 0 Å². The van der Waals surface area contributed by atoms with Crippen molar-refractivity contribution in [3.63, 3.8) is 0 Å². The maximum absolute atomic E-state index is 13.9. The van der Waals surface area contributed by atoms with E-state index in [1.807, 2.05) is 32.0 Å². The average molecular weight is 294 g/mol. The van der Waals surface area contributed by atoms with Crippen LogP contribution in [0.5, 0.6) is 5.75 Å². The fourth-order valence-electron chi connectivity index (χ4n) is 2.12. The van der Waals surface area contributed by atoms with E-state index in [-0.39, 0.29) is 5.82 Å². The van der Waals surface area contributed by atoms with Crippen molar-refractivity contribution in [2.75, 3.05) is 6.61 Å². The third kappa shape index (κ3) is 3.11. The van der Waals surface area contributed by atoms with E-state index in [1.54, 1.807) is 6.07 Å². The molecule has 2 nitrogen and oxygen atoms in total. The van der Waals surface area contributed by atoms with Crippen LogP contribution < -0.4 is 10.5 Å². The maximum atomic E-state index is 13.9. The molecule has 1 unspecified atom stereocenters. The highest BCUT2D eigenvalue weighted by molar-refractivity contribution is 6.30. The lowest BCUT2D eigenvalue weighted by molar-refractivity contribution is 0.335. The Bertz CT molecular complexity index is 615. The third-order valence-corrected chi connectivity index (χ3v) is 3.33. The molecule has 0 amide bonds. The first kappa shape index (κ1) is 14.8. The molecular weight excluding hydrogens is 277 g/mol. The fourth-order valence-corrected chi connectivity index (χ4v) is 2.30. The molecule has 2 N–H and O–H groups in total. The average Bonchev–Trinajstić information content (AvgIpc) is 2.43. The van der Waals surface area contributed by atoms with Crippen LogP contribution in [0.4, 0.5) is 4.39 Å². The van der Waals surface area contributed by atoms with E-state index in [0.29, 0.717) is 22.9 Å². The first-order valence-corrected chi connectivity index (χ1v) is 6.84. The highest BCUT2D eigenvalue weighted by Crippen LogP contribution is 2.31. The largest absolute Gasteiger partial charge is 0.494 e. The van der Waals surface area contributed by atoms with Crippen LogP contribution >= 0.6 is 11.6 Å². The van der Waals surface area contributed by atoms with Crippen molar-refractivity contribution in [2.24, 2.45) is 5.73 Å². The number of aryl methyl sites for hydroxylation is 1. The van der Waals surface area contributed by atoms with Crippen LogP contribution in [-0.4, -0.2) is 6.61 Å². The van der Waals surface area contributed by atoms with Gasteiger partial charge in [-0.05, 0) is 38.1 Å². The molecule has 4 heteroatoms. The van der Waals surface area contributed by atoms with E-state index in [2.05, 4.69) is 0 Å². The van der Waals surface area contributed by atoms with Gasteiger partial charge in [-0.15, -0.1) is 0 Å². The molecule has 2 rings (SSSR count). The van der Waals surface area contributed by atoms with Gasteiger partial charge in [0.15, 0.2) is 0 Å². The Hall–Kier alpha value is -1.58. The zero-order valence-corrected chi connectivity index (χ0v) is 12.2. The van der Waals surface area contributed by atoms with Gasteiger partial charge in [0.2, 0.25) is 0 Å². The van der Waals surface area contributed by atoms with Crippen LogP contribution in [0.15, 0.2) is 36.4 Å². The molecule has 2 aromatic rings. The molecule has 0 bridgehead atoms. The number of hydrogen-bond acceptors (Lipinski definition) is 2. The van der Waals surface area contributed by atoms with Crippen LogP contribution in [-0.2, 0) is 0 Å². The molecule has 0 fully saturated rings. The summed E-state index contributed by atoms with van der Waals surface area (Å²) in [5, 5.41) is 0.461. The van der Waals surface area contributed by atoms with E-state index in [4.69, 9.17) is 22.1 Å². The van der Waals surface area contributed by atoms with Gasteiger partial charge in [0, 0.05) is 16.1 Å². The van der Waals surface area contributed by atoms with E-state index < -0.39 is 6.04 Å². The molecule has 0 saturated carbocycles. The molecule has 0 aromatic heterocycles. The van der Waals surface area contributed by atoms with Gasteiger partial charge in [0.1, 0.15) is 11.6 Å². The van der Waals surface area contributed by atoms with Gasteiger partial charge in [-0.2, -0.15) is 0 Å². The molecular formula is C16H17ClFNO. The van der Waals surface area contributed by atoms with Crippen molar-refractivity contribution in [3.8, 4) is 5.75 Å². The number of nitrogens with two attached hydrogens (primary N) is 1. The molecule has 106 valence electrons. The third-order valence-electron chi connectivity index (χ3n) is 3.09. The molecule has 0 aliphatic carbocycles. The Balaban J connectivity index is 2.49. The van der Waals surface area contributed by atoms with Crippen LogP contribution in [0.1, 0.15) is 29.7 Å². The summed E-state index contributed by atoms with van der Waals surface area (Å²) < 4.78 is 19.5. The van der Waals surface area contributed by atoms with Gasteiger partial charge < -0.3 is 10.5 Å². The minimum atomic E-state index is -0.616. The molecule has 0 aliphatic heterocycles. The normalized spacial score (nSPS) is 12.2. The quantitative estimate of drug-likeness (QED) is 0.915. The monoisotopic (exact) mass is 293 g/mol. The highest BCUT2D eigenvalue weighted by Gasteiger charge is 2.18. The topological polar surface area (TPSA) is 35.2 Å². The summed E-state index contributed by atoms with van der Waals surface area (Å²) in [7, 11) is 0. The van der Waals surface area contributed by atoms with Crippen molar-refractivity contribution in [2.45, 2.75) is 19.9 Å². The maximum Gasteiger partial charge on any atom is 0.128 e. The van der Waals surface area contributed by atoms with Gasteiger partial charge in [-0.3, -0.25) is 0 Å². The number of ether oxygens (including phenoxy) is 1. The molecule has 0 heterocycles. The van der Waals surface area contributed by atoms with Gasteiger partial charge in [0.25, 0.3) is 0 Å². The summed E-state index contributed by atoms with van der Waals surface area (Å²) in [5.41, 5.74) is 8.37. The Morgan fingerprint density at radius 3 is 2.65 bits per heavy atom. The van der Waals surface area contributed by atoms with Crippen molar-refractivity contribution >= 4 is 11.6 Å². The Morgan fingerprint density at radius 1 is 1.20 bits per heavy atom. The highest BCUT2D eigenvalue weighted by atomic mass is 35.5. The Morgan fingerprint density at radius 2 is 1.95 bits per heavy atom. The standard InChI is InChI=1S/C16H17ClFNO/c1-3-20-15-7-4-10(2)8-13(15)16(19)12-9-11(17)5-6-14(12)18/h4-9,16H,3,19H2,1-2H3. The predicted molar refractivity (Wildman–Crippen MR) is 79.8 cm³/mol. The molecule has 0 saturated heterocycles. The van der Waals surface area contributed by atoms with Crippen molar-refractivity contribution in [1.29, 1.82) is 0 Å². The lowest BCUT2D eigenvalue weighted by atomic mass is 9.97. The zero-order chi connectivity index (χ0) is 14.7. The van der Waals surface area contributed by atoms with Crippen molar-refractivity contribution in [3.05, 3.63) is 63.9 Å². The van der Waals surface area contributed by atoms with E-state index >= 15 is 0 Å². The smallest absolute Gasteiger partial charge is 0.128 e. The van der Waals surface area contributed by atoms with Crippen LogP contribution in [0, 0.1) is 12.7 Å². The number of rotatable bonds is 4. The van der Waals surface area contributed by atoms with Gasteiger partial charge in [0.05, 0.1) is 12.6 Å². The zero-order valence-electron chi connectivity index (χ0n) is 11.5. The summed E-state index contributed by atoms with van der Waals surface area (Å²) in [6.45, 7) is 4.39. The van der Waals surface area contributed by atoms with E-state index in [1.165, 1.54) is 12.1 Å².